The van der Waals surface area contributed by atoms with Crippen LogP contribution in [0.5, 0.6) is 0 Å². The summed E-state index contributed by atoms with van der Waals surface area (Å²) in [5, 5.41) is 4.11. The Balaban J connectivity index is 2.00. The van der Waals surface area contributed by atoms with E-state index in [2.05, 4.69) is 10.00 Å². The first-order valence-electron chi connectivity index (χ1n) is 5.74. The third kappa shape index (κ3) is 3.30. The third-order valence-electron chi connectivity index (χ3n) is 2.64. The van der Waals surface area contributed by atoms with Gasteiger partial charge in [0.15, 0.2) is 0 Å². The number of hydrogen-bond donors (Lipinski definition) is 1. The smallest absolute Gasteiger partial charge is 0.125 e. The normalized spacial score (nSPS) is 11.1. The maximum Gasteiger partial charge on any atom is 0.125 e. The SMILES string of the molecule is CN(Cc1cc(N)cc(F)c1)Cc1cnn(C)c1. The average Bonchev–Trinajstić information content (AvgIpc) is 2.61. The number of rotatable bonds is 4. The second kappa shape index (κ2) is 5.18. The molecule has 0 aliphatic heterocycles. The average molecular weight is 248 g/mol. The topological polar surface area (TPSA) is 47.1 Å². The molecule has 0 aliphatic rings. The number of nitrogens with two attached hydrogens (primary N) is 1. The molecule has 0 spiro atoms. The molecule has 4 nitrogen and oxygen atoms in total. The summed E-state index contributed by atoms with van der Waals surface area (Å²) in [5.74, 6) is -0.292. The Kier molecular flexibility index (Phi) is 3.62. The summed E-state index contributed by atoms with van der Waals surface area (Å²) in [4.78, 5) is 2.09. The second-order valence-electron chi connectivity index (χ2n) is 4.59. The summed E-state index contributed by atoms with van der Waals surface area (Å²) in [7, 11) is 3.87. The van der Waals surface area contributed by atoms with E-state index in [1.54, 1.807) is 10.7 Å². The van der Waals surface area contributed by atoms with Crippen LogP contribution in [0.3, 0.4) is 0 Å². The van der Waals surface area contributed by atoms with Crippen LogP contribution in [0.25, 0.3) is 0 Å². The highest BCUT2D eigenvalue weighted by Gasteiger charge is 2.05. The first-order chi connectivity index (χ1) is 8.52. The number of anilines is 1. The van der Waals surface area contributed by atoms with Crippen molar-refractivity contribution in [3.8, 4) is 0 Å². The molecule has 0 radical (unpaired) electrons. The van der Waals surface area contributed by atoms with Gasteiger partial charge in [-0.15, -0.1) is 0 Å². The molecule has 0 atom stereocenters. The predicted molar refractivity (Wildman–Crippen MR) is 69.2 cm³/mol. The van der Waals surface area contributed by atoms with Gasteiger partial charge in [0.1, 0.15) is 5.82 Å². The van der Waals surface area contributed by atoms with Gasteiger partial charge in [0.05, 0.1) is 6.20 Å². The molecular weight excluding hydrogens is 231 g/mol. The van der Waals surface area contributed by atoms with Crippen LogP contribution in [0.2, 0.25) is 0 Å². The number of benzene rings is 1. The molecule has 0 saturated heterocycles. The maximum absolute atomic E-state index is 13.2. The van der Waals surface area contributed by atoms with Crippen molar-refractivity contribution in [1.82, 2.24) is 14.7 Å². The molecule has 0 fully saturated rings. The molecule has 0 saturated carbocycles. The van der Waals surface area contributed by atoms with E-state index in [0.29, 0.717) is 12.2 Å². The lowest BCUT2D eigenvalue weighted by atomic mass is 10.2. The van der Waals surface area contributed by atoms with Crippen molar-refractivity contribution < 1.29 is 4.39 Å². The highest BCUT2D eigenvalue weighted by atomic mass is 19.1. The van der Waals surface area contributed by atoms with E-state index in [4.69, 9.17) is 5.73 Å². The van der Waals surface area contributed by atoms with Crippen LogP contribution >= 0.6 is 0 Å². The van der Waals surface area contributed by atoms with E-state index in [-0.39, 0.29) is 5.82 Å². The van der Waals surface area contributed by atoms with Crippen molar-refractivity contribution in [1.29, 1.82) is 0 Å². The minimum atomic E-state index is -0.292. The fourth-order valence-electron chi connectivity index (χ4n) is 2.00. The first-order valence-corrected chi connectivity index (χ1v) is 5.74. The van der Waals surface area contributed by atoms with Crippen molar-refractivity contribution in [2.45, 2.75) is 13.1 Å². The zero-order valence-corrected chi connectivity index (χ0v) is 10.6. The van der Waals surface area contributed by atoms with Crippen molar-refractivity contribution in [2.75, 3.05) is 12.8 Å². The Labute approximate surface area is 106 Å². The maximum atomic E-state index is 13.2. The first kappa shape index (κ1) is 12.6. The fraction of sp³-hybridized carbons (Fsp3) is 0.308. The second-order valence-corrected chi connectivity index (χ2v) is 4.59. The van der Waals surface area contributed by atoms with E-state index in [1.807, 2.05) is 26.5 Å². The quantitative estimate of drug-likeness (QED) is 0.839. The Morgan fingerprint density at radius 3 is 2.61 bits per heavy atom. The van der Waals surface area contributed by atoms with Gasteiger partial charge < -0.3 is 5.73 Å². The van der Waals surface area contributed by atoms with E-state index in [9.17, 15) is 4.39 Å². The van der Waals surface area contributed by atoms with Gasteiger partial charge in [0.2, 0.25) is 0 Å². The largest absolute Gasteiger partial charge is 0.399 e. The zero-order valence-electron chi connectivity index (χ0n) is 10.6. The molecule has 2 aromatic rings. The zero-order chi connectivity index (χ0) is 13.1. The van der Waals surface area contributed by atoms with Crippen molar-refractivity contribution in [2.24, 2.45) is 7.05 Å². The predicted octanol–water partition coefficient (Wildman–Crippen LogP) is 1.77. The molecule has 0 unspecified atom stereocenters. The minimum Gasteiger partial charge on any atom is -0.399 e. The van der Waals surface area contributed by atoms with Crippen LogP contribution in [-0.4, -0.2) is 21.7 Å². The Hall–Kier alpha value is -1.88. The molecule has 1 aromatic carbocycles. The third-order valence-corrected chi connectivity index (χ3v) is 2.64. The molecule has 1 aromatic heterocycles. The van der Waals surface area contributed by atoms with Crippen LogP contribution in [0, 0.1) is 5.82 Å². The lowest BCUT2D eigenvalue weighted by Gasteiger charge is -2.16. The molecule has 0 amide bonds. The number of aryl methyl sites for hydroxylation is 1. The summed E-state index contributed by atoms with van der Waals surface area (Å²) < 4.78 is 15.0. The number of halogens is 1. The molecule has 0 bridgehead atoms. The van der Waals surface area contributed by atoms with Gasteiger partial charge in [-0.25, -0.2) is 4.39 Å². The number of hydrogen-bond acceptors (Lipinski definition) is 3. The van der Waals surface area contributed by atoms with Crippen molar-refractivity contribution in [3.63, 3.8) is 0 Å². The number of nitrogen functional groups attached to an aromatic ring is 1. The van der Waals surface area contributed by atoms with Crippen molar-refractivity contribution >= 4 is 5.69 Å². The van der Waals surface area contributed by atoms with Gasteiger partial charge in [-0.05, 0) is 30.8 Å². The number of aromatic nitrogens is 2. The summed E-state index contributed by atoms with van der Waals surface area (Å²) >= 11 is 0. The van der Waals surface area contributed by atoms with E-state index in [0.717, 1.165) is 17.7 Å². The Morgan fingerprint density at radius 1 is 1.28 bits per heavy atom. The van der Waals surface area contributed by atoms with Crippen LogP contribution in [0.15, 0.2) is 30.6 Å². The highest BCUT2D eigenvalue weighted by molar-refractivity contribution is 5.41. The van der Waals surface area contributed by atoms with Crippen LogP contribution in [0.4, 0.5) is 10.1 Å². The molecule has 5 heteroatoms. The van der Waals surface area contributed by atoms with E-state index < -0.39 is 0 Å². The molecule has 18 heavy (non-hydrogen) atoms. The minimum absolute atomic E-state index is 0.292. The van der Waals surface area contributed by atoms with Crippen LogP contribution < -0.4 is 5.73 Å². The van der Waals surface area contributed by atoms with Gasteiger partial charge in [-0.1, -0.05) is 0 Å². The fourth-order valence-corrected chi connectivity index (χ4v) is 2.00. The molecule has 2 N–H and O–H groups in total. The van der Waals surface area contributed by atoms with Crippen LogP contribution in [-0.2, 0) is 20.1 Å². The monoisotopic (exact) mass is 248 g/mol. The highest BCUT2D eigenvalue weighted by Crippen LogP contribution is 2.13. The summed E-state index contributed by atoms with van der Waals surface area (Å²) in [6.07, 6.45) is 3.80. The van der Waals surface area contributed by atoms with Gasteiger partial charge >= 0.3 is 0 Å². The van der Waals surface area contributed by atoms with Gasteiger partial charge in [-0.3, -0.25) is 9.58 Å². The van der Waals surface area contributed by atoms with Crippen molar-refractivity contribution in [3.05, 3.63) is 47.5 Å². The molecule has 2 rings (SSSR count). The summed E-state index contributed by atoms with van der Waals surface area (Å²) in [6, 6.07) is 4.63. The Bertz CT molecular complexity index is 515. The van der Waals surface area contributed by atoms with Gasteiger partial charge in [0.25, 0.3) is 0 Å². The summed E-state index contributed by atoms with van der Waals surface area (Å²) in [5.41, 5.74) is 8.08. The number of nitrogens with zero attached hydrogens (tertiary/aromatic N) is 3. The van der Waals surface area contributed by atoms with Gasteiger partial charge in [-0.2, -0.15) is 5.10 Å². The van der Waals surface area contributed by atoms with E-state index in [1.165, 1.54) is 12.1 Å². The lowest BCUT2D eigenvalue weighted by molar-refractivity contribution is 0.318. The molecule has 96 valence electrons. The standard InChI is InChI=1S/C13H17FN4/c1-17(8-11-6-16-18(2)9-11)7-10-3-12(14)5-13(15)4-10/h3-6,9H,7-8,15H2,1-2H3. The summed E-state index contributed by atoms with van der Waals surface area (Å²) in [6.45, 7) is 1.42. The van der Waals surface area contributed by atoms with Gasteiger partial charge in [0, 0.05) is 37.6 Å². The van der Waals surface area contributed by atoms with Crippen LogP contribution in [0.1, 0.15) is 11.1 Å². The molecule has 0 aliphatic carbocycles. The van der Waals surface area contributed by atoms with E-state index >= 15 is 0 Å². The lowest BCUT2D eigenvalue weighted by Crippen LogP contribution is -2.17. The Morgan fingerprint density at radius 2 is 2.00 bits per heavy atom. The molecular formula is C13H17FN4. The molecule has 1 heterocycles.